The van der Waals surface area contributed by atoms with Crippen LogP contribution in [0.25, 0.3) is 16.7 Å². The number of rotatable bonds is 3. The molecule has 0 amide bonds. The van der Waals surface area contributed by atoms with Gasteiger partial charge in [-0.1, -0.05) is 18.2 Å². The lowest BCUT2D eigenvalue weighted by Gasteiger charge is -2.26. The number of aromatic nitrogens is 6. The Balaban J connectivity index is 1.48. The molecule has 27 heavy (non-hydrogen) atoms. The highest BCUT2D eigenvalue weighted by atomic mass is 16.1. The van der Waals surface area contributed by atoms with E-state index in [4.69, 9.17) is 4.98 Å². The number of hydrogen-bond donors (Lipinski definition) is 1. The Kier molecular flexibility index (Phi) is 3.64. The lowest BCUT2D eigenvalue weighted by atomic mass is 10.1. The number of aryl methyl sites for hydroxylation is 1. The second kappa shape index (κ2) is 6.17. The average Bonchev–Trinajstić information content (AvgIpc) is 3.27. The normalized spacial score (nSPS) is 14.6. The van der Waals surface area contributed by atoms with E-state index < -0.39 is 0 Å². The summed E-state index contributed by atoms with van der Waals surface area (Å²) in [7, 11) is 2.03. The second-order valence-corrected chi connectivity index (χ2v) is 6.85. The number of fused-ring (bicyclic) bond motifs is 2. The van der Waals surface area contributed by atoms with E-state index >= 15 is 0 Å². The first-order valence-electron chi connectivity index (χ1n) is 8.93. The molecule has 1 aliphatic heterocycles. The summed E-state index contributed by atoms with van der Waals surface area (Å²) in [5.74, 6) is 0.643. The maximum absolute atomic E-state index is 12.5. The quantitative estimate of drug-likeness (QED) is 0.596. The van der Waals surface area contributed by atoms with Gasteiger partial charge < -0.3 is 9.55 Å². The number of H-pyrrole nitrogens is 1. The van der Waals surface area contributed by atoms with Crippen LogP contribution < -0.4 is 5.56 Å². The molecule has 0 bridgehead atoms. The summed E-state index contributed by atoms with van der Waals surface area (Å²) in [5, 5.41) is 4.85. The molecular formula is C19H19N7O. The molecule has 1 aliphatic rings. The molecule has 0 unspecified atom stereocenters. The van der Waals surface area contributed by atoms with Crippen molar-refractivity contribution in [2.75, 3.05) is 6.54 Å². The monoisotopic (exact) mass is 361 g/mol. The molecule has 1 aromatic carbocycles. The Labute approximate surface area is 155 Å². The summed E-state index contributed by atoms with van der Waals surface area (Å²) in [4.78, 5) is 26.8. The van der Waals surface area contributed by atoms with E-state index in [1.54, 1.807) is 10.9 Å². The van der Waals surface area contributed by atoms with E-state index in [9.17, 15) is 4.79 Å². The van der Waals surface area contributed by atoms with Crippen molar-refractivity contribution in [1.82, 2.24) is 34.2 Å². The van der Waals surface area contributed by atoms with Crippen molar-refractivity contribution in [1.29, 1.82) is 0 Å². The largest absolute Gasteiger partial charge is 0.337 e. The number of para-hydroxylation sites is 1. The summed E-state index contributed by atoms with van der Waals surface area (Å²) in [6.07, 6.45) is 4.37. The van der Waals surface area contributed by atoms with Crippen LogP contribution in [0.15, 0.2) is 47.7 Å². The highest BCUT2D eigenvalue weighted by Crippen LogP contribution is 2.19. The first-order valence-corrected chi connectivity index (χ1v) is 8.93. The number of aromatic amines is 1. The molecule has 0 aliphatic carbocycles. The molecular weight excluding hydrogens is 342 g/mol. The smallest absolute Gasteiger partial charge is 0.262 e. The number of hydrogen-bond acceptors (Lipinski definition) is 5. The fraction of sp³-hybridized carbons (Fsp3) is 0.263. The number of benzene rings is 1. The van der Waals surface area contributed by atoms with Crippen molar-refractivity contribution < 1.29 is 0 Å². The molecule has 0 saturated carbocycles. The Morgan fingerprint density at radius 2 is 2.07 bits per heavy atom. The van der Waals surface area contributed by atoms with Gasteiger partial charge in [0.2, 0.25) is 0 Å². The van der Waals surface area contributed by atoms with Crippen LogP contribution in [0, 0.1) is 0 Å². The van der Waals surface area contributed by atoms with Gasteiger partial charge in [0, 0.05) is 32.3 Å². The van der Waals surface area contributed by atoms with Gasteiger partial charge in [0.05, 0.1) is 30.5 Å². The molecule has 0 spiro atoms. The fourth-order valence-corrected chi connectivity index (χ4v) is 3.66. The predicted octanol–water partition coefficient (Wildman–Crippen LogP) is 1.40. The van der Waals surface area contributed by atoms with E-state index in [1.807, 2.05) is 43.7 Å². The zero-order valence-corrected chi connectivity index (χ0v) is 15.0. The van der Waals surface area contributed by atoms with E-state index in [-0.39, 0.29) is 5.56 Å². The zero-order valence-electron chi connectivity index (χ0n) is 15.0. The molecule has 8 heteroatoms. The van der Waals surface area contributed by atoms with Gasteiger partial charge in [-0.15, -0.1) is 0 Å². The van der Waals surface area contributed by atoms with E-state index in [0.29, 0.717) is 23.4 Å². The highest BCUT2D eigenvalue weighted by Gasteiger charge is 2.21. The van der Waals surface area contributed by atoms with Crippen molar-refractivity contribution in [3.05, 3.63) is 70.4 Å². The maximum Gasteiger partial charge on any atom is 0.262 e. The molecule has 1 N–H and O–H groups in total. The standard InChI is InChI=1S/C19H19N7O/c1-24-12-20-15-10-25(8-7-16(15)24)11-17-22-18-14(19(27)23-17)9-21-26(18)13-5-3-2-4-6-13/h2-6,9,12H,7-8,10-11H2,1H3,(H,22,23,27). The molecule has 0 saturated heterocycles. The lowest BCUT2D eigenvalue weighted by molar-refractivity contribution is 0.234. The van der Waals surface area contributed by atoms with Crippen molar-refractivity contribution in [3.63, 3.8) is 0 Å². The zero-order chi connectivity index (χ0) is 18.4. The first-order chi connectivity index (χ1) is 13.2. The molecule has 0 fully saturated rings. The van der Waals surface area contributed by atoms with Gasteiger partial charge in [-0.3, -0.25) is 9.69 Å². The Hall–Kier alpha value is -3.26. The van der Waals surface area contributed by atoms with Gasteiger partial charge in [-0.2, -0.15) is 5.10 Å². The van der Waals surface area contributed by atoms with Crippen molar-refractivity contribution in [2.45, 2.75) is 19.5 Å². The lowest BCUT2D eigenvalue weighted by Crippen LogP contribution is -2.32. The van der Waals surface area contributed by atoms with Gasteiger partial charge in [0.15, 0.2) is 5.65 Å². The average molecular weight is 361 g/mol. The summed E-state index contributed by atoms with van der Waals surface area (Å²) in [5.41, 5.74) is 3.68. The van der Waals surface area contributed by atoms with Crippen LogP contribution in [-0.4, -0.2) is 40.7 Å². The highest BCUT2D eigenvalue weighted by molar-refractivity contribution is 5.75. The Morgan fingerprint density at radius 3 is 2.93 bits per heavy atom. The van der Waals surface area contributed by atoms with Gasteiger partial charge >= 0.3 is 0 Å². The van der Waals surface area contributed by atoms with Gasteiger partial charge in [-0.25, -0.2) is 14.6 Å². The van der Waals surface area contributed by atoms with Crippen LogP contribution in [0.2, 0.25) is 0 Å². The van der Waals surface area contributed by atoms with Crippen LogP contribution >= 0.6 is 0 Å². The van der Waals surface area contributed by atoms with Gasteiger partial charge in [0.1, 0.15) is 11.2 Å². The summed E-state index contributed by atoms with van der Waals surface area (Å²) >= 11 is 0. The third-order valence-corrected chi connectivity index (χ3v) is 5.05. The Bertz CT molecular complexity index is 1170. The third kappa shape index (κ3) is 2.74. The van der Waals surface area contributed by atoms with Crippen LogP contribution in [0.5, 0.6) is 0 Å². The molecule has 0 atom stereocenters. The minimum atomic E-state index is -0.160. The second-order valence-electron chi connectivity index (χ2n) is 6.85. The van der Waals surface area contributed by atoms with Crippen LogP contribution in [0.4, 0.5) is 0 Å². The van der Waals surface area contributed by atoms with Crippen molar-refractivity contribution in [2.24, 2.45) is 7.05 Å². The molecule has 136 valence electrons. The van der Waals surface area contributed by atoms with Crippen LogP contribution in [-0.2, 0) is 26.6 Å². The summed E-state index contributed by atoms with van der Waals surface area (Å²) in [6, 6.07) is 9.72. The number of imidazole rings is 1. The van der Waals surface area contributed by atoms with Crippen LogP contribution in [0.3, 0.4) is 0 Å². The predicted molar refractivity (Wildman–Crippen MR) is 101 cm³/mol. The van der Waals surface area contributed by atoms with Crippen molar-refractivity contribution >= 4 is 11.0 Å². The summed E-state index contributed by atoms with van der Waals surface area (Å²) in [6.45, 7) is 2.24. The van der Waals surface area contributed by atoms with Crippen molar-refractivity contribution in [3.8, 4) is 5.69 Å². The molecule has 4 heterocycles. The van der Waals surface area contributed by atoms with E-state index in [1.165, 1.54) is 5.69 Å². The minimum absolute atomic E-state index is 0.160. The van der Waals surface area contributed by atoms with E-state index in [0.717, 1.165) is 30.9 Å². The summed E-state index contributed by atoms with van der Waals surface area (Å²) < 4.78 is 3.79. The molecule has 0 radical (unpaired) electrons. The maximum atomic E-state index is 12.5. The number of nitrogens with one attached hydrogen (secondary N) is 1. The van der Waals surface area contributed by atoms with Crippen LogP contribution in [0.1, 0.15) is 17.2 Å². The van der Waals surface area contributed by atoms with Gasteiger partial charge in [-0.05, 0) is 12.1 Å². The SMILES string of the molecule is Cn1cnc2c1CCN(Cc1nc3c(cnn3-c3ccccc3)c(=O)[nH]1)C2. The molecule has 4 aromatic rings. The molecule has 5 rings (SSSR count). The first kappa shape index (κ1) is 16.0. The van der Waals surface area contributed by atoms with E-state index in [2.05, 4.69) is 24.5 Å². The fourth-order valence-electron chi connectivity index (χ4n) is 3.66. The Morgan fingerprint density at radius 1 is 1.22 bits per heavy atom. The molecule has 3 aromatic heterocycles. The third-order valence-electron chi connectivity index (χ3n) is 5.05. The molecule has 8 nitrogen and oxygen atoms in total. The number of nitrogens with zero attached hydrogens (tertiary/aromatic N) is 6. The minimum Gasteiger partial charge on any atom is -0.337 e. The van der Waals surface area contributed by atoms with Gasteiger partial charge in [0.25, 0.3) is 5.56 Å². The topological polar surface area (TPSA) is 84.6 Å².